The van der Waals surface area contributed by atoms with Gasteiger partial charge in [0.15, 0.2) is 0 Å². The van der Waals surface area contributed by atoms with Crippen LogP contribution in [0, 0.1) is 5.82 Å². The molecule has 0 saturated carbocycles. The molecule has 3 atom stereocenters. The Hall–Kier alpha value is -3.83. The number of benzene rings is 4. The molecular weight excluding hydrogens is 511 g/mol. The second-order valence-electron chi connectivity index (χ2n) is 11.3. The third kappa shape index (κ3) is 6.74. The summed E-state index contributed by atoms with van der Waals surface area (Å²) in [5, 5.41) is 3.60. The Balaban J connectivity index is 1.20. The lowest BCUT2D eigenvalue weighted by molar-refractivity contribution is 0.152. The Morgan fingerprint density at radius 2 is 1.66 bits per heavy atom. The number of piperidine rings is 1. The van der Waals surface area contributed by atoms with Crippen molar-refractivity contribution < 1.29 is 13.9 Å². The second kappa shape index (κ2) is 12.8. The molecule has 2 heterocycles. The normalized spacial score (nSPS) is 19.3. The predicted octanol–water partition coefficient (Wildman–Crippen LogP) is 7.66. The largest absolute Gasteiger partial charge is 0.489 e. The molecule has 4 aromatic rings. The van der Waals surface area contributed by atoms with E-state index in [-0.39, 0.29) is 18.0 Å². The van der Waals surface area contributed by atoms with Gasteiger partial charge in [0.1, 0.15) is 30.0 Å². The van der Waals surface area contributed by atoms with Gasteiger partial charge >= 0.3 is 0 Å². The minimum atomic E-state index is -0.212. The Morgan fingerprint density at radius 3 is 2.41 bits per heavy atom. The van der Waals surface area contributed by atoms with E-state index in [4.69, 9.17) is 9.47 Å². The molecule has 2 aliphatic heterocycles. The maximum absolute atomic E-state index is 13.8. The van der Waals surface area contributed by atoms with Gasteiger partial charge in [-0.05, 0) is 110 Å². The summed E-state index contributed by atoms with van der Waals surface area (Å²) in [6.45, 7) is 4.65. The molecule has 2 aliphatic rings. The fourth-order valence-corrected chi connectivity index (χ4v) is 6.18. The van der Waals surface area contributed by atoms with E-state index in [1.165, 1.54) is 36.0 Å². The van der Waals surface area contributed by atoms with E-state index in [2.05, 4.69) is 71.7 Å². The topological polar surface area (TPSA) is 33.7 Å². The van der Waals surface area contributed by atoms with Crippen molar-refractivity contribution in [3.8, 4) is 11.5 Å². The predicted molar refractivity (Wildman–Crippen MR) is 163 cm³/mol. The SMILES string of the molecule is CC(Oc1ccc(CC2c3ccc(OCc4ccccc4)cc3CCN2c2ccc(F)cc2)cc1)C1CCCCN1. The van der Waals surface area contributed by atoms with Gasteiger partial charge < -0.3 is 19.7 Å². The monoisotopic (exact) mass is 550 g/mol. The van der Waals surface area contributed by atoms with Crippen LogP contribution in [0.3, 0.4) is 0 Å². The van der Waals surface area contributed by atoms with Crippen LogP contribution in [0.1, 0.15) is 54.5 Å². The van der Waals surface area contributed by atoms with Gasteiger partial charge in [-0.15, -0.1) is 0 Å². The van der Waals surface area contributed by atoms with Crippen molar-refractivity contribution in [1.82, 2.24) is 5.32 Å². The maximum Gasteiger partial charge on any atom is 0.123 e. The van der Waals surface area contributed by atoms with Gasteiger partial charge in [0.05, 0.1) is 6.04 Å². The molecule has 5 heteroatoms. The standard InChI is InChI=1S/C36H39FN2O2/c1-26(35-9-5-6-21-38-35)41-32-16-10-27(11-17-32)23-36-34-19-18-33(40-25-28-7-3-2-4-8-28)24-29(34)20-22-39(36)31-14-12-30(37)13-15-31/h2-4,7-8,10-19,24,26,35-36,38H,5-6,9,20-23,25H2,1H3. The van der Waals surface area contributed by atoms with Crippen molar-refractivity contribution >= 4 is 5.69 Å². The molecule has 6 rings (SSSR count). The van der Waals surface area contributed by atoms with E-state index in [1.807, 2.05) is 30.3 Å². The number of hydrogen-bond acceptors (Lipinski definition) is 4. The molecule has 0 bridgehead atoms. The van der Waals surface area contributed by atoms with Crippen molar-refractivity contribution in [2.75, 3.05) is 18.0 Å². The van der Waals surface area contributed by atoms with Gasteiger partial charge in [-0.25, -0.2) is 4.39 Å². The zero-order valence-corrected chi connectivity index (χ0v) is 23.8. The van der Waals surface area contributed by atoms with Crippen LogP contribution >= 0.6 is 0 Å². The van der Waals surface area contributed by atoms with Gasteiger partial charge in [0.25, 0.3) is 0 Å². The van der Waals surface area contributed by atoms with Crippen molar-refractivity contribution in [2.24, 2.45) is 0 Å². The zero-order valence-electron chi connectivity index (χ0n) is 23.8. The van der Waals surface area contributed by atoms with Crippen LogP contribution in [0.15, 0.2) is 97.1 Å². The van der Waals surface area contributed by atoms with Crippen LogP contribution in [0.4, 0.5) is 10.1 Å². The second-order valence-corrected chi connectivity index (χ2v) is 11.3. The number of nitrogens with zero attached hydrogens (tertiary/aromatic N) is 1. The molecule has 1 fully saturated rings. The molecule has 4 nitrogen and oxygen atoms in total. The number of rotatable bonds is 9. The molecule has 4 aromatic carbocycles. The molecule has 0 radical (unpaired) electrons. The molecule has 0 spiro atoms. The first kappa shape index (κ1) is 27.3. The van der Waals surface area contributed by atoms with Crippen LogP contribution in [0.2, 0.25) is 0 Å². The smallest absolute Gasteiger partial charge is 0.123 e. The first-order chi connectivity index (χ1) is 20.1. The first-order valence-electron chi connectivity index (χ1n) is 14.9. The molecule has 0 amide bonds. The molecular formula is C36H39FN2O2. The highest BCUT2D eigenvalue weighted by atomic mass is 19.1. The van der Waals surface area contributed by atoms with Gasteiger partial charge in [0, 0.05) is 18.3 Å². The van der Waals surface area contributed by atoms with Crippen molar-refractivity contribution in [3.05, 3.63) is 125 Å². The summed E-state index contributed by atoms with van der Waals surface area (Å²) in [5.41, 5.74) is 6.05. The third-order valence-electron chi connectivity index (χ3n) is 8.47. The van der Waals surface area contributed by atoms with E-state index >= 15 is 0 Å². The van der Waals surface area contributed by atoms with Crippen LogP contribution in [-0.4, -0.2) is 25.2 Å². The minimum absolute atomic E-state index is 0.129. The molecule has 212 valence electrons. The lowest BCUT2D eigenvalue weighted by Crippen LogP contribution is -2.44. The van der Waals surface area contributed by atoms with Crippen LogP contribution in [0.5, 0.6) is 11.5 Å². The number of hydrogen-bond donors (Lipinski definition) is 1. The third-order valence-corrected chi connectivity index (χ3v) is 8.47. The number of fused-ring (bicyclic) bond motifs is 1. The van der Waals surface area contributed by atoms with Crippen molar-refractivity contribution in [2.45, 2.75) is 63.8 Å². The summed E-state index contributed by atoms with van der Waals surface area (Å²) in [7, 11) is 0. The molecule has 3 unspecified atom stereocenters. The Bertz CT molecular complexity index is 1400. The highest BCUT2D eigenvalue weighted by Crippen LogP contribution is 2.38. The fraction of sp³-hybridized carbons (Fsp3) is 0.333. The average molecular weight is 551 g/mol. The summed E-state index contributed by atoms with van der Waals surface area (Å²) in [4.78, 5) is 2.41. The maximum atomic E-state index is 13.8. The summed E-state index contributed by atoms with van der Waals surface area (Å²) in [5.74, 6) is 1.59. The summed E-state index contributed by atoms with van der Waals surface area (Å²) < 4.78 is 26.2. The van der Waals surface area contributed by atoms with E-state index in [9.17, 15) is 4.39 Å². The van der Waals surface area contributed by atoms with Gasteiger partial charge in [-0.2, -0.15) is 0 Å². The first-order valence-corrected chi connectivity index (χ1v) is 14.9. The average Bonchev–Trinajstić information content (AvgIpc) is 3.02. The van der Waals surface area contributed by atoms with Crippen LogP contribution in [0.25, 0.3) is 0 Å². The Labute approximate surface area is 243 Å². The number of nitrogens with one attached hydrogen (secondary N) is 1. The summed E-state index contributed by atoms with van der Waals surface area (Å²) in [6.07, 6.45) is 5.56. The zero-order chi connectivity index (χ0) is 28.0. The van der Waals surface area contributed by atoms with Crippen LogP contribution in [-0.2, 0) is 19.4 Å². The summed E-state index contributed by atoms with van der Waals surface area (Å²) >= 11 is 0. The fourth-order valence-electron chi connectivity index (χ4n) is 6.18. The van der Waals surface area contributed by atoms with E-state index in [0.717, 1.165) is 48.7 Å². The van der Waals surface area contributed by atoms with Crippen molar-refractivity contribution in [3.63, 3.8) is 0 Å². The highest BCUT2D eigenvalue weighted by molar-refractivity contribution is 5.54. The minimum Gasteiger partial charge on any atom is -0.489 e. The molecule has 1 N–H and O–H groups in total. The lowest BCUT2D eigenvalue weighted by Gasteiger charge is -2.39. The van der Waals surface area contributed by atoms with E-state index in [1.54, 1.807) is 12.1 Å². The highest BCUT2D eigenvalue weighted by Gasteiger charge is 2.28. The van der Waals surface area contributed by atoms with E-state index < -0.39 is 0 Å². The summed E-state index contributed by atoms with van der Waals surface area (Å²) in [6, 6.07) is 32.7. The van der Waals surface area contributed by atoms with Gasteiger partial charge in [-0.3, -0.25) is 0 Å². The number of halogens is 1. The quantitative estimate of drug-likeness (QED) is 0.232. The molecule has 0 aromatic heterocycles. The van der Waals surface area contributed by atoms with E-state index in [0.29, 0.717) is 12.6 Å². The Kier molecular flexibility index (Phi) is 8.52. The number of anilines is 1. The van der Waals surface area contributed by atoms with Crippen LogP contribution < -0.4 is 19.7 Å². The van der Waals surface area contributed by atoms with Gasteiger partial charge in [0.2, 0.25) is 0 Å². The lowest BCUT2D eigenvalue weighted by atomic mass is 9.88. The molecule has 41 heavy (non-hydrogen) atoms. The molecule has 1 saturated heterocycles. The van der Waals surface area contributed by atoms with Gasteiger partial charge in [-0.1, -0.05) is 55.0 Å². The number of ether oxygens (including phenoxy) is 2. The van der Waals surface area contributed by atoms with Crippen molar-refractivity contribution in [1.29, 1.82) is 0 Å². The molecule has 0 aliphatic carbocycles. The Morgan fingerprint density at radius 1 is 0.878 bits per heavy atom.